The molecule has 14 nitrogen and oxygen atoms in total. The van der Waals surface area contributed by atoms with Crippen LogP contribution in [0.1, 0.15) is 12.8 Å². The number of carbonyl (C=O) groups excluding carboxylic acids is 4. The lowest BCUT2D eigenvalue weighted by molar-refractivity contribution is -0.147. The predicted octanol–water partition coefficient (Wildman–Crippen LogP) is -5.17. The highest BCUT2D eigenvalue weighted by atomic mass is 16.4. The van der Waals surface area contributed by atoms with Crippen LogP contribution in [0.4, 0.5) is 0 Å². The average molecular weight is 391 g/mol. The molecular formula is C13H21N5O9. The van der Waals surface area contributed by atoms with Crippen molar-refractivity contribution in [2.75, 3.05) is 13.2 Å². The molecule has 0 aromatic rings. The zero-order valence-corrected chi connectivity index (χ0v) is 14.0. The average Bonchev–Trinajstić information content (AvgIpc) is 2.56. The lowest BCUT2D eigenvalue weighted by Crippen LogP contribution is -2.55. The van der Waals surface area contributed by atoms with E-state index in [-0.39, 0.29) is 0 Å². The van der Waals surface area contributed by atoms with Gasteiger partial charge >= 0.3 is 11.9 Å². The number of aliphatic carboxylic acids is 2. The van der Waals surface area contributed by atoms with Crippen molar-refractivity contribution in [3.8, 4) is 0 Å². The molecule has 0 heterocycles. The largest absolute Gasteiger partial charge is 0.481 e. The van der Waals surface area contributed by atoms with Crippen LogP contribution in [0.3, 0.4) is 0 Å². The van der Waals surface area contributed by atoms with Crippen LogP contribution in [0.2, 0.25) is 0 Å². The van der Waals surface area contributed by atoms with Gasteiger partial charge in [0.1, 0.15) is 18.1 Å². The molecule has 3 atom stereocenters. The summed E-state index contributed by atoms with van der Waals surface area (Å²) < 4.78 is 0. The Bertz CT molecular complexity index is 609. The number of carbonyl (C=O) groups is 6. The molecule has 0 aliphatic heterocycles. The molecule has 0 saturated carbocycles. The fourth-order valence-corrected chi connectivity index (χ4v) is 1.68. The van der Waals surface area contributed by atoms with Crippen molar-refractivity contribution in [1.29, 1.82) is 0 Å². The molecule has 14 heteroatoms. The lowest BCUT2D eigenvalue weighted by Gasteiger charge is -2.20. The van der Waals surface area contributed by atoms with E-state index in [1.54, 1.807) is 0 Å². The van der Waals surface area contributed by atoms with Gasteiger partial charge in [0.25, 0.3) is 0 Å². The molecule has 0 spiro atoms. The van der Waals surface area contributed by atoms with Crippen molar-refractivity contribution in [1.82, 2.24) is 16.0 Å². The third kappa shape index (κ3) is 9.71. The van der Waals surface area contributed by atoms with Crippen LogP contribution in [0.15, 0.2) is 0 Å². The molecule has 152 valence electrons. The fourth-order valence-electron chi connectivity index (χ4n) is 1.68. The predicted molar refractivity (Wildman–Crippen MR) is 85.6 cm³/mol. The SMILES string of the molecule is NC(=O)CC(NC(=O)CNC(=O)C(N)CO)C(=O)NC(CC(=O)O)C(=O)O. The zero-order chi connectivity index (χ0) is 21.1. The van der Waals surface area contributed by atoms with Gasteiger partial charge in [-0.15, -0.1) is 0 Å². The van der Waals surface area contributed by atoms with Crippen LogP contribution in [0.5, 0.6) is 0 Å². The number of rotatable bonds is 12. The van der Waals surface area contributed by atoms with E-state index in [4.69, 9.17) is 26.8 Å². The van der Waals surface area contributed by atoms with Gasteiger partial charge in [-0.1, -0.05) is 0 Å². The van der Waals surface area contributed by atoms with Gasteiger partial charge in [-0.3, -0.25) is 24.0 Å². The third-order valence-corrected chi connectivity index (χ3v) is 3.01. The van der Waals surface area contributed by atoms with Crippen LogP contribution in [-0.4, -0.2) is 82.2 Å². The molecule has 0 fully saturated rings. The van der Waals surface area contributed by atoms with Crippen molar-refractivity contribution in [2.45, 2.75) is 31.0 Å². The van der Waals surface area contributed by atoms with E-state index in [9.17, 15) is 28.8 Å². The molecule has 0 radical (unpaired) electrons. The van der Waals surface area contributed by atoms with Gasteiger partial charge in [0, 0.05) is 0 Å². The summed E-state index contributed by atoms with van der Waals surface area (Å²) in [6.07, 6.45) is -1.64. The number of aliphatic hydroxyl groups is 1. The summed E-state index contributed by atoms with van der Waals surface area (Å²) >= 11 is 0. The number of hydrogen-bond donors (Lipinski definition) is 8. The Balaban J connectivity index is 4.94. The van der Waals surface area contributed by atoms with E-state index in [1.165, 1.54) is 0 Å². The highest BCUT2D eigenvalue weighted by Gasteiger charge is 2.29. The van der Waals surface area contributed by atoms with Gasteiger partial charge in [-0.25, -0.2) is 4.79 Å². The maximum Gasteiger partial charge on any atom is 0.326 e. The first-order valence-electron chi connectivity index (χ1n) is 7.44. The quantitative estimate of drug-likeness (QED) is 0.157. The normalized spacial score (nSPS) is 13.6. The van der Waals surface area contributed by atoms with Crippen LogP contribution in [0, 0.1) is 0 Å². The van der Waals surface area contributed by atoms with E-state index < -0.39 is 79.7 Å². The lowest BCUT2D eigenvalue weighted by atomic mass is 10.1. The molecule has 4 amide bonds. The second-order valence-corrected chi connectivity index (χ2v) is 5.29. The Morgan fingerprint density at radius 1 is 0.889 bits per heavy atom. The first-order valence-corrected chi connectivity index (χ1v) is 7.44. The summed E-state index contributed by atoms with van der Waals surface area (Å²) in [5.41, 5.74) is 10.2. The number of primary amides is 1. The molecule has 3 unspecified atom stereocenters. The molecule has 10 N–H and O–H groups in total. The molecule has 0 aliphatic carbocycles. The number of hydrogen-bond acceptors (Lipinski definition) is 8. The first-order chi connectivity index (χ1) is 12.5. The second-order valence-electron chi connectivity index (χ2n) is 5.29. The van der Waals surface area contributed by atoms with Crippen LogP contribution < -0.4 is 27.4 Å². The van der Waals surface area contributed by atoms with E-state index in [1.807, 2.05) is 10.6 Å². The maximum absolute atomic E-state index is 12.1. The number of carboxylic acids is 2. The third-order valence-electron chi connectivity index (χ3n) is 3.01. The van der Waals surface area contributed by atoms with Gasteiger partial charge in [-0.2, -0.15) is 0 Å². The monoisotopic (exact) mass is 391 g/mol. The Kier molecular flexibility index (Phi) is 10.0. The van der Waals surface area contributed by atoms with Crippen molar-refractivity contribution in [2.24, 2.45) is 11.5 Å². The number of amides is 4. The van der Waals surface area contributed by atoms with Crippen molar-refractivity contribution in [3.63, 3.8) is 0 Å². The van der Waals surface area contributed by atoms with Crippen molar-refractivity contribution < 1.29 is 44.1 Å². The number of aliphatic hydroxyl groups excluding tert-OH is 1. The standard InChI is InChI=1S/C13H21N5O9/c14-5(4-19)11(24)16-3-9(21)17-6(1-8(15)20)12(25)18-7(13(26)27)2-10(22)23/h5-7,19H,1-4,14H2,(H2,15,20)(H,16,24)(H,17,21)(H,18,25)(H,22,23)(H,26,27). The van der Waals surface area contributed by atoms with Gasteiger partial charge < -0.3 is 42.7 Å². The van der Waals surface area contributed by atoms with Gasteiger partial charge in [0.15, 0.2) is 0 Å². The minimum atomic E-state index is -1.80. The molecular weight excluding hydrogens is 370 g/mol. The smallest absolute Gasteiger partial charge is 0.326 e. The Morgan fingerprint density at radius 2 is 1.48 bits per heavy atom. The zero-order valence-electron chi connectivity index (χ0n) is 14.0. The van der Waals surface area contributed by atoms with Crippen molar-refractivity contribution in [3.05, 3.63) is 0 Å². The Labute approximate surface area is 152 Å². The van der Waals surface area contributed by atoms with E-state index in [0.29, 0.717) is 0 Å². The Morgan fingerprint density at radius 3 is 1.93 bits per heavy atom. The molecule has 0 rings (SSSR count). The van der Waals surface area contributed by atoms with Gasteiger partial charge in [0.2, 0.25) is 23.6 Å². The minimum absolute atomic E-state index is 0.660. The maximum atomic E-state index is 12.1. The first kappa shape index (κ1) is 23.7. The van der Waals surface area contributed by atoms with Crippen LogP contribution in [-0.2, 0) is 28.8 Å². The summed E-state index contributed by atoms with van der Waals surface area (Å²) in [5.74, 6) is -7.10. The van der Waals surface area contributed by atoms with E-state index in [2.05, 4.69) is 5.32 Å². The molecule has 0 aromatic carbocycles. The highest BCUT2D eigenvalue weighted by Crippen LogP contribution is 1.98. The molecule has 0 aromatic heterocycles. The van der Waals surface area contributed by atoms with Gasteiger partial charge in [-0.05, 0) is 0 Å². The molecule has 27 heavy (non-hydrogen) atoms. The minimum Gasteiger partial charge on any atom is -0.481 e. The van der Waals surface area contributed by atoms with Crippen LogP contribution >= 0.6 is 0 Å². The molecule has 0 bridgehead atoms. The fraction of sp³-hybridized carbons (Fsp3) is 0.538. The van der Waals surface area contributed by atoms with Gasteiger partial charge in [0.05, 0.1) is 26.0 Å². The van der Waals surface area contributed by atoms with E-state index in [0.717, 1.165) is 0 Å². The van der Waals surface area contributed by atoms with Crippen molar-refractivity contribution >= 4 is 35.6 Å². The summed E-state index contributed by atoms with van der Waals surface area (Å²) in [5, 5.41) is 32.2. The molecule has 0 saturated heterocycles. The topological polar surface area (TPSA) is 251 Å². The number of nitrogens with two attached hydrogens (primary N) is 2. The molecule has 0 aliphatic rings. The number of nitrogens with one attached hydrogen (secondary N) is 3. The highest BCUT2D eigenvalue weighted by molar-refractivity contribution is 5.95. The van der Waals surface area contributed by atoms with E-state index >= 15 is 0 Å². The second kappa shape index (κ2) is 11.4. The summed E-state index contributed by atoms with van der Waals surface area (Å²) in [6.45, 7) is -1.33. The summed E-state index contributed by atoms with van der Waals surface area (Å²) in [7, 11) is 0. The number of carboxylic acid groups (broad SMARTS) is 2. The summed E-state index contributed by atoms with van der Waals surface area (Å²) in [4.78, 5) is 67.8. The Hall–Kier alpha value is -3.26. The van der Waals surface area contributed by atoms with Crippen LogP contribution in [0.25, 0.3) is 0 Å². The summed E-state index contributed by atoms with van der Waals surface area (Å²) in [6, 6.07) is -4.67.